The molecule has 2 atom stereocenters. The summed E-state index contributed by atoms with van der Waals surface area (Å²) < 4.78 is 2.10. The van der Waals surface area contributed by atoms with Gasteiger partial charge in [-0.05, 0) is 49.1 Å². The molecule has 0 aromatic carbocycles. The summed E-state index contributed by atoms with van der Waals surface area (Å²) in [6.45, 7) is 3.36. The number of hydrogen-bond donors (Lipinski definition) is 1. The molecule has 3 rings (SSSR count). The van der Waals surface area contributed by atoms with Gasteiger partial charge in [0, 0.05) is 11.3 Å². The van der Waals surface area contributed by atoms with E-state index in [-0.39, 0.29) is 0 Å². The molecule has 1 aromatic rings. The van der Waals surface area contributed by atoms with Crippen molar-refractivity contribution in [1.82, 2.24) is 25.5 Å². The number of thioether (sulfide) groups is 1. The lowest BCUT2D eigenvalue weighted by Crippen LogP contribution is -2.41. The lowest BCUT2D eigenvalue weighted by Gasteiger charge is -2.31. The number of hydrogen-bond acceptors (Lipinski definition) is 5. The molecule has 2 unspecified atom stereocenters. The van der Waals surface area contributed by atoms with E-state index in [9.17, 15) is 0 Å². The maximum absolute atomic E-state index is 4.31. The number of aromatic nitrogens is 4. The van der Waals surface area contributed by atoms with Crippen molar-refractivity contribution >= 4 is 11.8 Å². The van der Waals surface area contributed by atoms with Gasteiger partial charge in [-0.2, -0.15) is 0 Å². The van der Waals surface area contributed by atoms with Gasteiger partial charge in [0.1, 0.15) is 0 Å². The van der Waals surface area contributed by atoms with Crippen LogP contribution < -0.4 is 5.32 Å². The van der Waals surface area contributed by atoms with Crippen molar-refractivity contribution in [2.75, 3.05) is 6.54 Å². The van der Waals surface area contributed by atoms with E-state index >= 15 is 0 Å². The summed E-state index contributed by atoms with van der Waals surface area (Å²) in [4.78, 5) is 0. The molecule has 6 heteroatoms. The Kier molecular flexibility index (Phi) is 5.52. The van der Waals surface area contributed by atoms with Crippen molar-refractivity contribution in [3.8, 4) is 0 Å². The van der Waals surface area contributed by atoms with Crippen LogP contribution in [0, 0.1) is 0 Å². The van der Waals surface area contributed by atoms with E-state index in [0.29, 0.717) is 17.3 Å². The first-order valence-corrected chi connectivity index (χ1v) is 9.44. The van der Waals surface area contributed by atoms with E-state index in [1.165, 1.54) is 57.8 Å². The van der Waals surface area contributed by atoms with Gasteiger partial charge in [-0.3, -0.25) is 0 Å². The molecular formula is C15H27N5S. The van der Waals surface area contributed by atoms with E-state index in [1.54, 1.807) is 0 Å². The van der Waals surface area contributed by atoms with Gasteiger partial charge >= 0.3 is 0 Å². The zero-order valence-electron chi connectivity index (χ0n) is 13.0. The summed E-state index contributed by atoms with van der Waals surface area (Å²) in [6.07, 6.45) is 11.6. The van der Waals surface area contributed by atoms with Crippen molar-refractivity contribution in [3.05, 3.63) is 0 Å². The minimum Gasteiger partial charge on any atom is -0.313 e. The van der Waals surface area contributed by atoms with Gasteiger partial charge in [0.15, 0.2) is 0 Å². The number of nitrogens with one attached hydrogen (secondary N) is 1. The molecule has 0 amide bonds. The van der Waals surface area contributed by atoms with Gasteiger partial charge in [-0.15, -0.1) is 5.10 Å². The predicted octanol–water partition coefficient (Wildman–Crippen LogP) is 3.19. The molecule has 0 spiro atoms. The maximum atomic E-state index is 4.31. The van der Waals surface area contributed by atoms with Crippen LogP contribution in [0.2, 0.25) is 0 Å². The molecule has 2 saturated carbocycles. The van der Waals surface area contributed by atoms with E-state index in [0.717, 1.165) is 11.7 Å². The largest absolute Gasteiger partial charge is 0.313 e. The molecule has 0 bridgehead atoms. The van der Waals surface area contributed by atoms with Crippen molar-refractivity contribution in [3.63, 3.8) is 0 Å². The highest BCUT2D eigenvalue weighted by Gasteiger charge is 2.29. The van der Waals surface area contributed by atoms with Crippen LogP contribution in [0.1, 0.15) is 70.8 Å². The highest BCUT2D eigenvalue weighted by atomic mass is 32.2. The maximum Gasteiger partial charge on any atom is 0.209 e. The summed E-state index contributed by atoms with van der Waals surface area (Å²) in [5.41, 5.74) is 0. The molecule has 21 heavy (non-hydrogen) atoms. The predicted molar refractivity (Wildman–Crippen MR) is 85.5 cm³/mol. The summed E-state index contributed by atoms with van der Waals surface area (Å²) in [5.74, 6) is 0. The topological polar surface area (TPSA) is 55.6 Å². The van der Waals surface area contributed by atoms with Crippen molar-refractivity contribution < 1.29 is 0 Å². The third-order valence-electron chi connectivity index (χ3n) is 4.75. The molecule has 1 aromatic heterocycles. The fourth-order valence-electron chi connectivity index (χ4n) is 3.58. The standard InChI is InChI=1S/C15H27N5S/c1-2-11-16-13-9-5-6-10-14(13)21-15-17-18-19-20(15)12-7-3-4-8-12/h12-14,16H,2-11H2,1H3. The van der Waals surface area contributed by atoms with Gasteiger partial charge < -0.3 is 5.32 Å². The molecule has 5 nitrogen and oxygen atoms in total. The van der Waals surface area contributed by atoms with E-state index < -0.39 is 0 Å². The lowest BCUT2D eigenvalue weighted by molar-refractivity contribution is 0.381. The normalized spacial score (nSPS) is 27.3. The first-order chi connectivity index (χ1) is 10.4. The Morgan fingerprint density at radius 2 is 1.90 bits per heavy atom. The molecule has 1 N–H and O–H groups in total. The minimum atomic E-state index is 0.535. The summed E-state index contributed by atoms with van der Waals surface area (Å²) >= 11 is 1.91. The average molecular weight is 309 g/mol. The van der Waals surface area contributed by atoms with E-state index in [1.807, 2.05) is 11.8 Å². The molecule has 1 heterocycles. The Bertz CT molecular complexity index is 429. The Morgan fingerprint density at radius 3 is 2.71 bits per heavy atom. The molecule has 2 aliphatic rings. The van der Waals surface area contributed by atoms with Crippen molar-refractivity contribution in [2.24, 2.45) is 0 Å². The van der Waals surface area contributed by atoms with Crippen LogP contribution in [0.3, 0.4) is 0 Å². The molecule has 0 saturated heterocycles. The molecular weight excluding hydrogens is 282 g/mol. The van der Waals surface area contributed by atoms with Crippen LogP contribution in [0.15, 0.2) is 5.16 Å². The zero-order valence-corrected chi connectivity index (χ0v) is 13.8. The first-order valence-electron chi connectivity index (χ1n) is 8.56. The molecule has 2 fully saturated rings. The van der Waals surface area contributed by atoms with Gasteiger partial charge in [-0.1, -0.05) is 44.4 Å². The molecule has 118 valence electrons. The third kappa shape index (κ3) is 3.77. The monoisotopic (exact) mass is 309 g/mol. The highest BCUT2D eigenvalue weighted by molar-refractivity contribution is 7.99. The fourth-order valence-corrected chi connectivity index (χ4v) is 4.91. The Balaban J connectivity index is 1.65. The second-order valence-electron chi connectivity index (χ2n) is 6.35. The highest BCUT2D eigenvalue weighted by Crippen LogP contribution is 2.36. The fraction of sp³-hybridized carbons (Fsp3) is 0.933. The van der Waals surface area contributed by atoms with E-state index in [2.05, 4.69) is 32.4 Å². The van der Waals surface area contributed by atoms with Gasteiger partial charge in [0.25, 0.3) is 0 Å². The quantitative estimate of drug-likeness (QED) is 0.874. The average Bonchev–Trinajstić information content (AvgIpc) is 3.17. The van der Waals surface area contributed by atoms with Crippen LogP contribution in [-0.4, -0.2) is 38.0 Å². The summed E-state index contributed by atoms with van der Waals surface area (Å²) in [5, 5.41) is 17.9. The van der Waals surface area contributed by atoms with Crippen molar-refractivity contribution in [2.45, 2.75) is 87.2 Å². The summed E-state index contributed by atoms with van der Waals surface area (Å²) in [7, 11) is 0. The molecule has 2 aliphatic carbocycles. The second-order valence-corrected chi connectivity index (χ2v) is 7.55. The lowest BCUT2D eigenvalue weighted by atomic mass is 9.95. The van der Waals surface area contributed by atoms with Crippen LogP contribution >= 0.6 is 11.8 Å². The first kappa shape index (κ1) is 15.3. The second kappa shape index (κ2) is 7.58. The van der Waals surface area contributed by atoms with Crippen LogP contribution in [0.25, 0.3) is 0 Å². The van der Waals surface area contributed by atoms with Gasteiger partial charge in [0.05, 0.1) is 6.04 Å². The third-order valence-corrected chi connectivity index (χ3v) is 6.10. The zero-order chi connectivity index (χ0) is 14.5. The van der Waals surface area contributed by atoms with Gasteiger partial charge in [-0.25, -0.2) is 4.68 Å². The summed E-state index contributed by atoms with van der Waals surface area (Å²) in [6, 6.07) is 1.16. The minimum absolute atomic E-state index is 0.535. The Morgan fingerprint density at radius 1 is 1.14 bits per heavy atom. The molecule has 0 radical (unpaired) electrons. The number of nitrogens with zero attached hydrogens (tertiary/aromatic N) is 4. The van der Waals surface area contributed by atoms with Gasteiger partial charge in [0.2, 0.25) is 5.16 Å². The Labute approximate surface area is 131 Å². The van der Waals surface area contributed by atoms with Crippen LogP contribution in [-0.2, 0) is 0 Å². The van der Waals surface area contributed by atoms with Crippen molar-refractivity contribution in [1.29, 1.82) is 0 Å². The molecule has 0 aliphatic heterocycles. The number of tetrazole rings is 1. The van der Waals surface area contributed by atoms with Crippen LogP contribution in [0.5, 0.6) is 0 Å². The van der Waals surface area contributed by atoms with Crippen LogP contribution in [0.4, 0.5) is 0 Å². The SMILES string of the molecule is CCCNC1CCCCC1Sc1nnnn1C1CCCC1. The van der Waals surface area contributed by atoms with E-state index in [4.69, 9.17) is 0 Å². The Hall–Kier alpha value is -0.620. The smallest absolute Gasteiger partial charge is 0.209 e. The number of rotatable bonds is 6.